The summed E-state index contributed by atoms with van der Waals surface area (Å²) in [5.41, 5.74) is 0. The van der Waals surface area contributed by atoms with Gasteiger partial charge in [0.25, 0.3) is 0 Å². The summed E-state index contributed by atoms with van der Waals surface area (Å²) < 4.78 is 0. The van der Waals surface area contributed by atoms with Gasteiger partial charge < -0.3 is 10.2 Å². The maximum absolute atomic E-state index is 12.5. The van der Waals surface area contributed by atoms with Gasteiger partial charge in [-0.15, -0.1) is 11.3 Å². The van der Waals surface area contributed by atoms with Gasteiger partial charge >= 0.3 is 0 Å². The molecule has 2 saturated heterocycles. The van der Waals surface area contributed by atoms with E-state index in [1.54, 1.807) is 11.3 Å². The minimum atomic E-state index is 0.349. The molecule has 2 aliphatic heterocycles. The highest BCUT2D eigenvalue weighted by Gasteiger charge is 2.30. The molecule has 0 saturated carbocycles. The molecular weight excluding hydrogens is 268 g/mol. The Morgan fingerprint density at radius 1 is 1.35 bits per heavy atom. The summed E-state index contributed by atoms with van der Waals surface area (Å²) in [5, 5.41) is 5.65. The van der Waals surface area contributed by atoms with Crippen molar-refractivity contribution in [1.82, 2.24) is 10.2 Å². The number of likely N-dealkylation sites (tertiary alicyclic amines) is 1. The standard InChI is InChI=1S/C16H24N2OS/c19-16(9-8-13-5-1-2-10-17-13)18-11-3-6-14(18)15-7-4-12-20-15/h4,7,12-14,17H,1-3,5-6,8-11H2. The van der Waals surface area contributed by atoms with Crippen LogP contribution in [0.3, 0.4) is 0 Å². The molecule has 1 N–H and O–H groups in total. The lowest BCUT2D eigenvalue weighted by atomic mass is 10.00. The number of rotatable bonds is 4. The normalized spacial score (nSPS) is 26.9. The van der Waals surface area contributed by atoms with Gasteiger partial charge in [-0.25, -0.2) is 0 Å². The minimum absolute atomic E-state index is 0.349. The van der Waals surface area contributed by atoms with Gasteiger partial charge in [0.15, 0.2) is 0 Å². The number of piperidine rings is 1. The van der Waals surface area contributed by atoms with Gasteiger partial charge in [-0.1, -0.05) is 12.5 Å². The van der Waals surface area contributed by atoms with Crippen molar-refractivity contribution >= 4 is 17.2 Å². The van der Waals surface area contributed by atoms with Crippen LogP contribution in [0.15, 0.2) is 17.5 Å². The molecule has 1 amide bonds. The van der Waals surface area contributed by atoms with E-state index in [4.69, 9.17) is 0 Å². The number of hydrogen-bond acceptors (Lipinski definition) is 3. The fraction of sp³-hybridized carbons (Fsp3) is 0.688. The average molecular weight is 292 g/mol. The third kappa shape index (κ3) is 3.23. The summed E-state index contributed by atoms with van der Waals surface area (Å²) in [6.45, 7) is 2.07. The van der Waals surface area contributed by atoms with Crippen molar-refractivity contribution in [1.29, 1.82) is 0 Å². The number of nitrogens with zero attached hydrogens (tertiary/aromatic N) is 1. The Labute approximate surface area is 125 Å². The lowest BCUT2D eigenvalue weighted by Crippen LogP contribution is -2.36. The van der Waals surface area contributed by atoms with Gasteiger partial charge in [-0.05, 0) is 50.1 Å². The molecule has 0 bridgehead atoms. The molecule has 2 aliphatic rings. The van der Waals surface area contributed by atoms with E-state index in [0.29, 0.717) is 24.4 Å². The smallest absolute Gasteiger partial charge is 0.223 e. The highest BCUT2D eigenvalue weighted by molar-refractivity contribution is 7.10. The lowest BCUT2D eigenvalue weighted by molar-refractivity contribution is -0.132. The molecule has 0 aromatic carbocycles. The topological polar surface area (TPSA) is 32.3 Å². The van der Waals surface area contributed by atoms with Crippen molar-refractivity contribution in [2.75, 3.05) is 13.1 Å². The SMILES string of the molecule is O=C(CCC1CCCCN1)N1CCCC1c1cccs1. The molecule has 2 fully saturated rings. The molecular formula is C16H24N2OS. The van der Waals surface area contributed by atoms with Gasteiger partial charge in [0.05, 0.1) is 6.04 Å². The second kappa shape index (κ2) is 6.72. The fourth-order valence-electron chi connectivity index (χ4n) is 3.45. The summed E-state index contributed by atoms with van der Waals surface area (Å²) in [6, 6.07) is 5.17. The Kier molecular flexibility index (Phi) is 4.73. The molecule has 2 atom stereocenters. The maximum Gasteiger partial charge on any atom is 0.223 e. The Hall–Kier alpha value is -0.870. The van der Waals surface area contributed by atoms with E-state index in [-0.39, 0.29) is 0 Å². The van der Waals surface area contributed by atoms with Gasteiger partial charge in [0.2, 0.25) is 5.91 Å². The van der Waals surface area contributed by atoms with Gasteiger partial charge in [-0.3, -0.25) is 4.79 Å². The summed E-state index contributed by atoms with van der Waals surface area (Å²) in [4.78, 5) is 16.0. The number of carbonyl (C=O) groups is 1. The first kappa shape index (κ1) is 14.1. The predicted molar refractivity (Wildman–Crippen MR) is 82.9 cm³/mol. The average Bonchev–Trinajstić information content (AvgIpc) is 3.15. The van der Waals surface area contributed by atoms with E-state index in [1.165, 1.54) is 24.1 Å². The van der Waals surface area contributed by atoms with Crippen molar-refractivity contribution in [3.63, 3.8) is 0 Å². The molecule has 1 aromatic rings. The molecule has 3 nitrogen and oxygen atoms in total. The largest absolute Gasteiger partial charge is 0.335 e. The minimum Gasteiger partial charge on any atom is -0.335 e. The van der Waals surface area contributed by atoms with Crippen molar-refractivity contribution in [2.24, 2.45) is 0 Å². The first-order valence-corrected chi connectivity index (χ1v) is 8.79. The van der Waals surface area contributed by atoms with Crippen molar-refractivity contribution in [3.8, 4) is 0 Å². The van der Waals surface area contributed by atoms with Crippen LogP contribution in [-0.4, -0.2) is 29.9 Å². The van der Waals surface area contributed by atoms with Crippen LogP contribution in [0.2, 0.25) is 0 Å². The molecule has 20 heavy (non-hydrogen) atoms. The van der Waals surface area contributed by atoms with Crippen LogP contribution < -0.4 is 5.32 Å². The number of nitrogens with one attached hydrogen (secondary N) is 1. The maximum atomic E-state index is 12.5. The van der Waals surface area contributed by atoms with Crippen LogP contribution in [0.25, 0.3) is 0 Å². The van der Waals surface area contributed by atoms with E-state index in [2.05, 4.69) is 27.7 Å². The molecule has 0 radical (unpaired) electrons. The lowest BCUT2D eigenvalue weighted by Gasteiger charge is -2.27. The van der Waals surface area contributed by atoms with Gasteiger partial charge in [0, 0.05) is 23.9 Å². The fourth-order valence-corrected chi connectivity index (χ4v) is 4.33. The van der Waals surface area contributed by atoms with Crippen molar-refractivity contribution in [2.45, 2.75) is 57.0 Å². The molecule has 3 heterocycles. The van der Waals surface area contributed by atoms with Crippen LogP contribution in [0.5, 0.6) is 0 Å². The monoisotopic (exact) mass is 292 g/mol. The quantitative estimate of drug-likeness (QED) is 0.923. The van der Waals surface area contributed by atoms with E-state index in [9.17, 15) is 4.79 Å². The molecule has 0 aliphatic carbocycles. The third-order valence-corrected chi connectivity index (χ3v) is 5.54. The van der Waals surface area contributed by atoms with Crippen LogP contribution in [-0.2, 0) is 4.79 Å². The second-order valence-corrected chi connectivity index (χ2v) is 6.93. The third-order valence-electron chi connectivity index (χ3n) is 4.56. The van der Waals surface area contributed by atoms with E-state index >= 15 is 0 Å². The highest BCUT2D eigenvalue weighted by atomic mass is 32.1. The van der Waals surface area contributed by atoms with Gasteiger partial charge in [-0.2, -0.15) is 0 Å². The zero-order valence-corrected chi connectivity index (χ0v) is 12.8. The zero-order chi connectivity index (χ0) is 13.8. The summed E-state index contributed by atoms with van der Waals surface area (Å²) >= 11 is 1.78. The molecule has 1 aromatic heterocycles. The molecule has 4 heteroatoms. The summed E-state index contributed by atoms with van der Waals surface area (Å²) in [7, 11) is 0. The molecule has 3 rings (SSSR count). The van der Waals surface area contributed by atoms with Gasteiger partial charge in [0.1, 0.15) is 0 Å². The van der Waals surface area contributed by atoms with Crippen molar-refractivity contribution in [3.05, 3.63) is 22.4 Å². The Balaban J connectivity index is 1.53. The number of carbonyl (C=O) groups excluding carboxylic acids is 1. The Bertz CT molecular complexity index is 426. The number of thiophene rings is 1. The van der Waals surface area contributed by atoms with Crippen LogP contribution in [0, 0.1) is 0 Å². The number of amides is 1. The van der Waals surface area contributed by atoms with E-state index in [0.717, 1.165) is 32.4 Å². The van der Waals surface area contributed by atoms with Crippen molar-refractivity contribution < 1.29 is 4.79 Å². The van der Waals surface area contributed by atoms with E-state index < -0.39 is 0 Å². The summed E-state index contributed by atoms with van der Waals surface area (Å²) in [6.07, 6.45) is 7.84. The zero-order valence-electron chi connectivity index (χ0n) is 12.0. The van der Waals surface area contributed by atoms with Crippen LogP contribution >= 0.6 is 11.3 Å². The Morgan fingerprint density at radius 2 is 2.30 bits per heavy atom. The first-order valence-electron chi connectivity index (χ1n) is 7.91. The Morgan fingerprint density at radius 3 is 3.05 bits per heavy atom. The summed E-state index contributed by atoms with van der Waals surface area (Å²) in [5.74, 6) is 0.355. The predicted octanol–water partition coefficient (Wildman–Crippen LogP) is 3.33. The molecule has 110 valence electrons. The highest BCUT2D eigenvalue weighted by Crippen LogP contribution is 2.35. The van der Waals surface area contributed by atoms with Crippen LogP contribution in [0.4, 0.5) is 0 Å². The number of hydrogen-bond donors (Lipinski definition) is 1. The second-order valence-electron chi connectivity index (χ2n) is 5.95. The molecule has 2 unspecified atom stereocenters. The van der Waals surface area contributed by atoms with E-state index in [1.807, 2.05) is 0 Å². The molecule has 0 spiro atoms. The first-order chi connectivity index (χ1) is 9.84. The van der Waals surface area contributed by atoms with Crippen LogP contribution in [0.1, 0.15) is 55.9 Å².